The number of fused-ring (bicyclic) bond motifs is 1. The Labute approximate surface area is 117 Å². The van der Waals surface area contributed by atoms with Crippen molar-refractivity contribution in [1.29, 1.82) is 0 Å². The van der Waals surface area contributed by atoms with Crippen molar-refractivity contribution in [2.45, 2.75) is 20.3 Å². The molecule has 2 N–H and O–H groups in total. The van der Waals surface area contributed by atoms with Crippen molar-refractivity contribution < 1.29 is 4.79 Å². The molecule has 0 saturated heterocycles. The number of thiazole rings is 1. The van der Waals surface area contributed by atoms with Gasteiger partial charge in [-0.05, 0) is 24.1 Å². The molecule has 1 unspecified atom stereocenters. The normalized spacial score (nSPS) is 12.6. The summed E-state index contributed by atoms with van der Waals surface area (Å²) in [7, 11) is 1.85. The molecule has 0 aliphatic heterocycles. The van der Waals surface area contributed by atoms with Gasteiger partial charge in [0.05, 0.1) is 10.2 Å². The van der Waals surface area contributed by atoms with Crippen LogP contribution < -0.4 is 5.73 Å². The lowest BCUT2D eigenvalue weighted by molar-refractivity contribution is 0.0775. The van der Waals surface area contributed by atoms with Gasteiger partial charge in [0.1, 0.15) is 0 Å². The van der Waals surface area contributed by atoms with Crippen LogP contribution in [0.4, 0.5) is 5.13 Å². The van der Waals surface area contributed by atoms with E-state index in [0.717, 1.165) is 23.2 Å². The number of nitrogens with zero attached hydrogens (tertiary/aromatic N) is 2. The SMILES string of the molecule is CCC(C)CN(C)C(=O)c1ccc2nc(N)sc2c1. The fourth-order valence-electron chi connectivity index (χ4n) is 1.98. The van der Waals surface area contributed by atoms with Crippen LogP contribution in [0.15, 0.2) is 18.2 Å². The fraction of sp³-hybridized carbons (Fsp3) is 0.429. The maximum Gasteiger partial charge on any atom is 0.253 e. The van der Waals surface area contributed by atoms with Gasteiger partial charge in [-0.2, -0.15) is 0 Å². The molecule has 102 valence electrons. The van der Waals surface area contributed by atoms with E-state index in [9.17, 15) is 4.79 Å². The summed E-state index contributed by atoms with van der Waals surface area (Å²) in [5, 5.41) is 0.535. The van der Waals surface area contributed by atoms with E-state index in [1.165, 1.54) is 11.3 Å². The largest absolute Gasteiger partial charge is 0.375 e. The van der Waals surface area contributed by atoms with Gasteiger partial charge in [-0.15, -0.1) is 0 Å². The molecular weight excluding hydrogens is 258 g/mol. The quantitative estimate of drug-likeness (QED) is 0.934. The fourth-order valence-corrected chi connectivity index (χ4v) is 2.75. The Kier molecular flexibility index (Phi) is 4.04. The molecule has 0 fully saturated rings. The maximum absolute atomic E-state index is 12.3. The van der Waals surface area contributed by atoms with E-state index in [2.05, 4.69) is 18.8 Å². The van der Waals surface area contributed by atoms with E-state index in [4.69, 9.17) is 5.73 Å². The van der Waals surface area contributed by atoms with Crippen molar-refractivity contribution in [3.05, 3.63) is 23.8 Å². The van der Waals surface area contributed by atoms with Crippen LogP contribution in [-0.2, 0) is 0 Å². The molecule has 2 aromatic rings. The minimum atomic E-state index is 0.0502. The predicted molar refractivity (Wildman–Crippen MR) is 80.4 cm³/mol. The first kappa shape index (κ1) is 13.8. The summed E-state index contributed by atoms with van der Waals surface area (Å²) in [6.07, 6.45) is 1.07. The molecule has 19 heavy (non-hydrogen) atoms. The van der Waals surface area contributed by atoms with Crippen LogP contribution in [0.3, 0.4) is 0 Å². The molecule has 1 atom stereocenters. The molecule has 1 aromatic heterocycles. The van der Waals surface area contributed by atoms with Crippen LogP contribution in [0.5, 0.6) is 0 Å². The summed E-state index contributed by atoms with van der Waals surface area (Å²) in [5.41, 5.74) is 7.22. The third kappa shape index (κ3) is 3.04. The summed E-state index contributed by atoms with van der Waals surface area (Å²) >= 11 is 1.41. The highest BCUT2D eigenvalue weighted by atomic mass is 32.1. The number of benzene rings is 1. The Morgan fingerprint density at radius 1 is 1.53 bits per heavy atom. The molecule has 0 bridgehead atoms. The number of nitrogens with two attached hydrogens (primary N) is 1. The van der Waals surface area contributed by atoms with Crippen LogP contribution in [0.25, 0.3) is 10.2 Å². The lowest BCUT2D eigenvalue weighted by atomic mass is 10.1. The summed E-state index contributed by atoms with van der Waals surface area (Å²) in [6.45, 7) is 5.06. The monoisotopic (exact) mass is 277 g/mol. The molecule has 0 radical (unpaired) electrons. The van der Waals surface area contributed by atoms with E-state index in [1.807, 2.05) is 25.2 Å². The highest BCUT2D eigenvalue weighted by Crippen LogP contribution is 2.25. The van der Waals surface area contributed by atoms with Crippen molar-refractivity contribution >= 4 is 32.6 Å². The van der Waals surface area contributed by atoms with Crippen molar-refractivity contribution in [3.8, 4) is 0 Å². The number of amides is 1. The van der Waals surface area contributed by atoms with Crippen molar-refractivity contribution in [2.24, 2.45) is 5.92 Å². The van der Waals surface area contributed by atoms with E-state index >= 15 is 0 Å². The second-order valence-electron chi connectivity index (χ2n) is 4.93. The van der Waals surface area contributed by atoms with Gasteiger partial charge in [0.25, 0.3) is 5.91 Å². The van der Waals surface area contributed by atoms with Crippen LogP contribution >= 0.6 is 11.3 Å². The minimum absolute atomic E-state index is 0.0502. The number of aromatic nitrogens is 1. The van der Waals surface area contributed by atoms with Crippen LogP contribution in [-0.4, -0.2) is 29.4 Å². The average Bonchev–Trinajstić information content (AvgIpc) is 2.76. The number of hydrogen-bond donors (Lipinski definition) is 1. The molecule has 4 nitrogen and oxygen atoms in total. The van der Waals surface area contributed by atoms with Gasteiger partial charge in [0.15, 0.2) is 5.13 Å². The Balaban J connectivity index is 2.20. The molecule has 2 rings (SSSR count). The zero-order chi connectivity index (χ0) is 14.0. The summed E-state index contributed by atoms with van der Waals surface area (Å²) < 4.78 is 0.959. The van der Waals surface area contributed by atoms with Gasteiger partial charge < -0.3 is 10.6 Å². The first-order chi connectivity index (χ1) is 9.01. The first-order valence-corrected chi connectivity index (χ1v) is 7.24. The van der Waals surface area contributed by atoms with Gasteiger partial charge >= 0.3 is 0 Å². The zero-order valence-corrected chi connectivity index (χ0v) is 12.3. The molecule has 1 heterocycles. The average molecular weight is 277 g/mol. The smallest absolute Gasteiger partial charge is 0.253 e. The molecule has 1 amide bonds. The van der Waals surface area contributed by atoms with E-state index in [-0.39, 0.29) is 5.91 Å². The Morgan fingerprint density at radius 2 is 2.26 bits per heavy atom. The molecule has 5 heteroatoms. The van der Waals surface area contributed by atoms with Gasteiger partial charge in [0.2, 0.25) is 0 Å². The van der Waals surface area contributed by atoms with Crippen LogP contribution in [0, 0.1) is 5.92 Å². The van der Waals surface area contributed by atoms with E-state index in [0.29, 0.717) is 16.6 Å². The third-order valence-corrected chi connectivity index (χ3v) is 4.13. The number of carbonyl (C=O) groups is 1. The van der Waals surface area contributed by atoms with Gasteiger partial charge in [-0.1, -0.05) is 31.6 Å². The number of anilines is 1. The molecule has 0 aliphatic carbocycles. The van der Waals surface area contributed by atoms with Gasteiger partial charge in [-0.3, -0.25) is 4.79 Å². The maximum atomic E-state index is 12.3. The molecule has 1 aromatic carbocycles. The predicted octanol–water partition coefficient (Wildman–Crippen LogP) is 3.00. The Hall–Kier alpha value is -1.62. The third-order valence-electron chi connectivity index (χ3n) is 3.28. The minimum Gasteiger partial charge on any atom is -0.375 e. The highest BCUT2D eigenvalue weighted by Gasteiger charge is 2.14. The summed E-state index contributed by atoms with van der Waals surface area (Å²) in [6, 6.07) is 5.54. The first-order valence-electron chi connectivity index (χ1n) is 6.42. The lowest BCUT2D eigenvalue weighted by Crippen LogP contribution is -2.30. The second kappa shape index (κ2) is 5.57. The number of carbonyl (C=O) groups excluding carboxylic acids is 1. The van der Waals surface area contributed by atoms with E-state index in [1.54, 1.807) is 4.90 Å². The second-order valence-corrected chi connectivity index (χ2v) is 6.00. The molecule has 0 aliphatic rings. The Morgan fingerprint density at radius 3 is 2.95 bits per heavy atom. The van der Waals surface area contributed by atoms with Crippen LogP contribution in [0.1, 0.15) is 30.6 Å². The standard InChI is InChI=1S/C14H19N3OS/c1-4-9(2)8-17(3)13(18)10-5-6-11-12(7-10)19-14(15)16-11/h5-7,9H,4,8H2,1-3H3,(H2,15,16). The van der Waals surface area contributed by atoms with Gasteiger partial charge in [0, 0.05) is 19.2 Å². The van der Waals surface area contributed by atoms with Crippen molar-refractivity contribution in [1.82, 2.24) is 9.88 Å². The van der Waals surface area contributed by atoms with Crippen molar-refractivity contribution in [3.63, 3.8) is 0 Å². The number of rotatable bonds is 4. The number of hydrogen-bond acceptors (Lipinski definition) is 4. The Bertz CT molecular complexity index is 593. The van der Waals surface area contributed by atoms with Crippen LogP contribution in [0.2, 0.25) is 0 Å². The van der Waals surface area contributed by atoms with Gasteiger partial charge in [-0.25, -0.2) is 4.98 Å². The molecule has 0 spiro atoms. The van der Waals surface area contributed by atoms with E-state index < -0.39 is 0 Å². The summed E-state index contributed by atoms with van der Waals surface area (Å²) in [4.78, 5) is 18.3. The molecule has 0 saturated carbocycles. The summed E-state index contributed by atoms with van der Waals surface area (Å²) in [5.74, 6) is 0.561. The highest BCUT2D eigenvalue weighted by molar-refractivity contribution is 7.22. The topological polar surface area (TPSA) is 59.2 Å². The molecular formula is C14H19N3OS. The zero-order valence-electron chi connectivity index (χ0n) is 11.5. The van der Waals surface area contributed by atoms with Crippen molar-refractivity contribution in [2.75, 3.05) is 19.3 Å². The number of nitrogen functional groups attached to an aromatic ring is 1. The lowest BCUT2D eigenvalue weighted by Gasteiger charge is -2.20.